The van der Waals surface area contributed by atoms with Crippen molar-refractivity contribution < 1.29 is 9.84 Å². The lowest BCUT2D eigenvalue weighted by molar-refractivity contribution is -0.142. The first-order valence-electron chi connectivity index (χ1n) is 10.2. The van der Waals surface area contributed by atoms with Gasteiger partial charge in [-0.05, 0) is 88.0 Å². The molecule has 3 saturated carbocycles. The summed E-state index contributed by atoms with van der Waals surface area (Å²) in [4.78, 5) is 0. The molecular weight excluding hydrogens is 310 g/mol. The van der Waals surface area contributed by atoms with Gasteiger partial charge in [0.25, 0.3) is 0 Å². The maximum absolute atomic E-state index is 11.0. The summed E-state index contributed by atoms with van der Waals surface area (Å²) in [5, 5.41) is 20.6. The number of aliphatic hydroxyl groups is 1. The highest BCUT2D eigenvalue weighted by atomic mass is 16.6. The monoisotopic (exact) mass is 341 g/mol. The van der Waals surface area contributed by atoms with Gasteiger partial charge < -0.3 is 9.84 Å². The zero-order valence-corrected chi connectivity index (χ0v) is 16.1. The van der Waals surface area contributed by atoms with E-state index >= 15 is 0 Å². The molecule has 0 radical (unpaired) electrons. The first kappa shape index (κ1) is 16.3. The summed E-state index contributed by atoms with van der Waals surface area (Å²) in [6.45, 7) is 9.01. The predicted octanol–water partition coefficient (Wildman–Crippen LogP) is 4.36. The van der Waals surface area contributed by atoms with E-state index in [1.54, 1.807) is 0 Å². The van der Waals surface area contributed by atoms with Gasteiger partial charge in [-0.3, -0.25) is 0 Å². The summed E-state index contributed by atoms with van der Waals surface area (Å²) >= 11 is 0. The molecule has 5 rings (SSSR count). The maximum atomic E-state index is 11.0. The zero-order chi connectivity index (χ0) is 17.9. The van der Waals surface area contributed by atoms with Crippen molar-refractivity contribution in [2.24, 2.45) is 28.6 Å². The van der Waals surface area contributed by atoms with Gasteiger partial charge in [0.15, 0.2) is 0 Å². The number of hydrogen-bond acceptors (Lipinski definition) is 3. The highest BCUT2D eigenvalue weighted by molar-refractivity contribution is 5.43. The fourth-order valence-corrected chi connectivity index (χ4v) is 8.27. The van der Waals surface area contributed by atoms with Crippen LogP contribution >= 0.6 is 0 Å². The Balaban J connectivity index is 1.56. The van der Waals surface area contributed by atoms with Gasteiger partial charge in [0, 0.05) is 11.0 Å². The molecule has 136 valence electrons. The summed E-state index contributed by atoms with van der Waals surface area (Å²) < 4.78 is 6.44. The van der Waals surface area contributed by atoms with Crippen molar-refractivity contribution in [3.05, 3.63) is 11.6 Å². The van der Waals surface area contributed by atoms with Crippen molar-refractivity contribution in [3.63, 3.8) is 0 Å². The summed E-state index contributed by atoms with van der Waals surface area (Å²) in [6, 6.07) is 2.44. The van der Waals surface area contributed by atoms with Crippen molar-refractivity contribution >= 4 is 0 Å². The molecule has 1 heterocycles. The number of hydrogen-bond donors (Lipinski definition) is 1. The van der Waals surface area contributed by atoms with Crippen molar-refractivity contribution in [2.75, 3.05) is 0 Å². The first-order valence-corrected chi connectivity index (χ1v) is 10.2. The van der Waals surface area contributed by atoms with Crippen LogP contribution in [0.1, 0.15) is 72.6 Å². The molecule has 0 aromatic heterocycles. The highest BCUT2D eigenvalue weighted by Crippen LogP contribution is 2.76. The Labute approximate surface area is 151 Å². The minimum Gasteiger partial charge on any atom is -0.390 e. The molecule has 3 unspecified atom stereocenters. The lowest BCUT2D eigenvalue weighted by atomic mass is 9.43. The van der Waals surface area contributed by atoms with Crippen LogP contribution in [0, 0.1) is 39.9 Å². The van der Waals surface area contributed by atoms with Gasteiger partial charge in [0.1, 0.15) is 11.2 Å². The van der Waals surface area contributed by atoms with E-state index in [1.807, 2.05) is 0 Å². The predicted molar refractivity (Wildman–Crippen MR) is 95.5 cm³/mol. The molecule has 0 amide bonds. The number of nitrogens with zero attached hydrogens (tertiary/aromatic N) is 1. The molecule has 1 saturated heterocycles. The molecule has 0 bridgehead atoms. The van der Waals surface area contributed by atoms with Gasteiger partial charge in [-0.25, -0.2) is 0 Å². The standard InChI is InChI=1S/C22H31NO2/c1-18-8-6-17-15(16(18)7-9-20(18,3)24)5-10-22-19(17,2)11-14(13-23)12-21(22,4)25-22/h12,15-17,24H,5-11H2,1-4H3/t15-,16-,17+,18-,19+,20?,21?,22?/m0/s1. The Morgan fingerprint density at radius 1 is 1.04 bits per heavy atom. The Morgan fingerprint density at radius 3 is 2.44 bits per heavy atom. The second-order valence-corrected chi connectivity index (χ2v) is 10.6. The Morgan fingerprint density at radius 2 is 1.72 bits per heavy atom. The topological polar surface area (TPSA) is 56.5 Å². The number of rotatable bonds is 0. The first-order chi connectivity index (χ1) is 11.6. The second-order valence-electron chi connectivity index (χ2n) is 10.6. The molecule has 1 aliphatic heterocycles. The van der Waals surface area contributed by atoms with Crippen LogP contribution < -0.4 is 0 Å². The molecule has 0 aromatic rings. The average Bonchev–Trinajstić information content (AvgIpc) is 3.08. The van der Waals surface area contributed by atoms with Gasteiger partial charge in [-0.15, -0.1) is 0 Å². The van der Waals surface area contributed by atoms with Gasteiger partial charge >= 0.3 is 0 Å². The summed E-state index contributed by atoms with van der Waals surface area (Å²) in [5.74, 6) is 1.92. The SMILES string of the molecule is CC12C=C(C#N)C[C@]3(C)[C@@H]4CC[C@@]5(C)[C@@H](CCC5(C)O)[C@@H]4CCC13O2. The fourth-order valence-electron chi connectivity index (χ4n) is 8.27. The van der Waals surface area contributed by atoms with Crippen LogP contribution in [0.3, 0.4) is 0 Å². The third-order valence-corrected chi connectivity index (χ3v) is 9.87. The van der Waals surface area contributed by atoms with E-state index in [1.165, 1.54) is 12.8 Å². The lowest BCUT2D eigenvalue weighted by Gasteiger charge is -2.60. The number of allylic oxidation sites excluding steroid dienone is 1. The Kier molecular flexibility index (Phi) is 2.84. The number of ether oxygens (including phenoxy) is 1. The maximum Gasteiger partial charge on any atom is 0.115 e. The van der Waals surface area contributed by atoms with E-state index in [-0.39, 0.29) is 22.0 Å². The molecule has 4 aliphatic carbocycles. The smallest absolute Gasteiger partial charge is 0.115 e. The highest BCUT2D eigenvalue weighted by Gasteiger charge is 2.79. The van der Waals surface area contributed by atoms with Crippen LogP contribution in [0.5, 0.6) is 0 Å². The quantitative estimate of drug-likeness (QED) is 0.666. The normalized spacial score (nSPS) is 61.9. The minimum absolute atomic E-state index is 0.0453. The van der Waals surface area contributed by atoms with E-state index in [9.17, 15) is 10.4 Å². The molecule has 1 spiro atoms. The van der Waals surface area contributed by atoms with Gasteiger partial charge in [-0.2, -0.15) is 5.26 Å². The summed E-state index contributed by atoms with van der Waals surface area (Å²) in [7, 11) is 0. The third kappa shape index (κ3) is 1.61. The van der Waals surface area contributed by atoms with Crippen LogP contribution in [0.25, 0.3) is 0 Å². The molecule has 3 heteroatoms. The molecule has 4 fully saturated rings. The van der Waals surface area contributed by atoms with E-state index < -0.39 is 5.60 Å². The second kappa shape index (κ2) is 4.34. The van der Waals surface area contributed by atoms with E-state index in [0.29, 0.717) is 17.8 Å². The van der Waals surface area contributed by atoms with Gasteiger partial charge in [0.2, 0.25) is 0 Å². The van der Waals surface area contributed by atoms with Crippen LogP contribution in [0.2, 0.25) is 0 Å². The zero-order valence-electron chi connectivity index (χ0n) is 16.1. The summed E-state index contributed by atoms with van der Waals surface area (Å²) in [5.41, 5.74) is 0.263. The Hall–Kier alpha value is -0.850. The molecule has 25 heavy (non-hydrogen) atoms. The van der Waals surface area contributed by atoms with Crippen LogP contribution in [-0.2, 0) is 4.74 Å². The lowest BCUT2D eigenvalue weighted by Crippen LogP contribution is -2.59. The molecule has 8 atom stereocenters. The van der Waals surface area contributed by atoms with Crippen LogP contribution in [0.4, 0.5) is 0 Å². The number of fused-ring (bicyclic) bond motifs is 4. The molecule has 0 aromatic carbocycles. The molecular formula is C22H31NO2. The van der Waals surface area contributed by atoms with Crippen LogP contribution in [0.15, 0.2) is 11.6 Å². The Bertz CT molecular complexity index is 720. The number of nitriles is 1. The van der Waals surface area contributed by atoms with Crippen molar-refractivity contribution in [1.82, 2.24) is 0 Å². The largest absolute Gasteiger partial charge is 0.390 e. The third-order valence-electron chi connectivity index (χ3n) is 9.87. The minimum atomic E-state index is -0.520. The van der Waals surface area contributed by atoms with E-state index in [0.717, 1.165) is 37.7 Å². The molecule has 1 N–H and O–H groups in total. The van der Waals surface area contributed by atoms with E-state index in [2.05, 4.69) is 39.8 Å². The fraction of sp³-hybridized carbons (Fsp3) is 0.864. The van der Waals surface area contributed by atoms with Crippen molar-refractivity contribution in [1.29, 1.82) is 5.26 Å². The summed E-state index contributed by atoms with van der Waals surface area (Å²) in [6.07, 6.45) is 9.71. The van der Waals surface area contributed by atoms with Crippen LogP contribution in [-0.4, -0.2) is 21.9 Å². The number of epoxide rings is 1. The van der Waals surface area contributed by atoms with Gasteiger partial charge in [0.05, 0.1) is 11.7 Å². The van der Waals surface area contributed by atoms with Crippen molar-refractivity contribution in [3.8, 4) is 6.07 Å². The van der Waals surface area contributed by atoms with E-state index in [4.69, 9.17) is 4.74 Å². The molecule has 5 aliphatic rings. The van der Waals surface area contributed by atoms with Crippen molar-refractivity contribution in [2.45, 2.75) is 89.4 Å². The van der Waals surface area contributed by atoms with Gasteiger partial charge in [-0.1, -0.05) is 13.8 Å². The average molecular weight is 341 g/mol. The molecule has 3 nitrogen and oxygen atoms in total.